The Bertz CT molecular complexity index is 1270. The van der Waals surface area contributed by atoms with Gasteiger partial charge in [0.25, 0.3) is 5.56 Å². The number of benzene rings is 1. The second-order valence-electron chi connectivity index (χ2n) is 6.83. The number of rotatable bonds is 7. The third-order valence-electron chi connectivity index (χ3n) is 4.52. The van der Waals surface area contributed by atoms with Gasteiger partial charge >= 0.3 is 11.7 Å². The molecule has 0 amide bonds. The zero-order chi connectivity index (χ0) is 22.1. The second kappa shape index (κ2) is 8.28. The zero-order valence-electron chi connectivity index (χ0n) is 17.0. The minimum atomic E-state index is -4.21. The molecule has 0 fully saturated rings. The van der Waals surface area contributed by atoms with Crippen LogP contribution in [0.4, 0.5) is 0 Å². The summed E-state index contributed by atoms with van der Waals surface area (Å²) in [5, 5.41) is 0. The molecule has 2 heterocycles. The molecule has 0 aliphatic heterocycles. The highest BCUT2D eigenvalue weighted by atomic mass is 32.2. The first kappa shape index (κ1) is 21.5. The standard InChI is InChI=1S/C19H23N5O5S/c1-5-24-15(10-20-19(24)29-14-8-6-11(2)7-9-14)12(3)23-30(27,28)16-13(4)21-18(26)22-17(16)25/h6-10,12,23H,5H2,1-4H3,(H2,21,22,25,26). The first-order chi connectivity index (χ1) is 14.1. The highest BCUT2D eigenvalue weighted by Gasteiger charge is 2.26. The van der Waals surface area contributed by atoms with Crippen molar-refractivity contribution in [3.05, 3.63) is 68.3 Å². The second-order valence-corrected chi connectivity index (χ2v) is 8.48. The fourth-order valence-corrected chi connectivity index (χ4v) is 4.55. The van der Waals surface area contributed by atoms with Crippen LogP contribution in [0.2, 0.25) is 0 Å². The van der Waals surface area contributed by atoms with Crippen molar-refractivity contribution in [2.45, 2.75) is 45.2 Å². The van der Waals surface area contributed by atoms with Gasteiger partial charge in [0.05, 0.1) is 17.9 Å². The van der Waals surface area contributed by atoms with Crippen molar-refractivity contribution in [2.24, 2.45) is 0 Å². The Balaban J connectivity index is 1.89. The van der Waals surface area contributed by atoms with Crippen molar-refractivity contribution in [2.75, 3.05) is 0 Å². The van der Waals surface area contributed by atoms with Crippen LogP contribution in [0.3, 0.4) is 0 Å². The Kier molecular flexibility index (Phi) is 5.94. The van der Waals surface area contributed by atoms with E-state index in [1.54, 1.807) is 11.5 Å². The number of imidazole rings is 1. The van der Waals surface area contributed by atoms with E-state index in [9.17, 15) is 18.0 Å². The Morgan fingerprint density at radius 3 is 2.43 bits per heavy atom. The van der Waals surface area contributed by atoms with Crippen LogP contribution in [0.15, 0.2) is 44.9 Å². The van der Waals surface area contributed by atoms with Gasteiger partial charge in [-0.2, -0.15) is 0 Å². The van der Waals surface area contributed by atoms with Crippen LogP contribution in [0, 0.1) is 13.8 Å². The Hall–Kier alpha value is -3.18. The first-order valence-electron chi connectivity index (χ1n) is 9.28. The lowest BCUT2D eigenvalue weighted by Crippen LogP contribution is -2.36. The summed E-state index contributed by atoms with van der Waals surface area (Å²) in [4.78, 5) is 31.3. The maximum atomic E-state index is 12.8. The average molecular weight is 433 g/mol. The van der Waals surface area contributed by atoms with E-state index >= 15 is 0 Å². The number of aromatic nitrogens is 4. The van der Waals surface area contributed by atoms with Crippen molar-refractivity contribution in [1.29, 1.82) is 0 Å². The van der Waals surface area contributed by atoms with Gasteiger partial charge in [-0.3, -0.25) is 14.3 Å². The number of hydrogen-bond acceptors (Lipinski definition) is 6. The molecule has 11 heteroatoms. The lowest BCUT2D eigenvalue weighted by molar-refractivity contribution is 0.408. The molecule has 3 rings (SSSR count). The topological polar surface area (TPSA) is 139 Å². The van der Waals surface area contributed by atoms with E-state index in [1.807, 2.05) is 43.1 Å². The summed E-state index contributed by atoms with van der Waals surface area (Å²) in [6.07, 6.45) is 1.52. The predicted molar refractivity (Wildman–Crippen MR) is 110 cm³/mol. The molecule has 0 radical (unpaired) electrons. The molecule has 1 atom stereocenters. The summed E-state index contributed by atoms with van der Waals surface area (Å²) in [6, 6.07) is 7.07. The van der Waals surface area contributed by atoms with Gasteiger partial charge in [0, 0.05) is 12.2 Å². The van der Waals surface area contributed by atoms with Gasteiger partial charge in [0.2, 0.25) is 10.0 Å². The van der Waals surface area contributed by atoms with Crippen LogP contribution in [0.1, 0.15) is 36.8 Å². The highest BCUT2D eigenvalue weighted by Crippen LogP contribution is 2.25. The average Bonchev–Trinajstić information content (AvgIpc) is 3.04. The summed E-state index contributed by atoms with van der Waals surface area (Å²) in [7, 11) is -4.21. The van der Waals surface area contributed by atoms with Crippen molar-refractivity contribution >= 4 is 10.0 Å². The molecule has 3 N–H and O–H groups in total. The number of nitrogens with one attached hydrogen (secondary N) is 3. The molecule has 10 nitrogen and oxygen atoms in total. The molecule has 0 saturated heterocycles. The molecular formula is C19H23N5O5S. The Morgan fingerprint density at radius 1 is 1.17 bits per heavy atom. The maximum Gasteiger partial charge on any atom is 0.325 e. The number of H-pyrrole nitrogens is 2. The molecule has 0 bridgehead atoms. The van der Waals surface area contributed by atoms with Gasteiger partial charge in [0.1, 0.15) is 5.75 Å². The van der Waals surface area contributed by atoms with Crippen molar-refractivity contribution < 1.29 is 13.2 Å². The highest BCUT2D eigenvalue weighted by molar-refractivity contribution is 7.89. The summed E-state index contributed by atoms with van der Waals surface area (Å²) in [5.41, 5.74) is -0.148. The van der Waals surface area contributed by atoms with Crippen LogP contribution in [0.5, 0.6) is 11.8 Å². The summed E-state index contributed by atoms with van der Waals surface area (Å²) in [6.45, 7) is 7.31. The van der Waals surface area contributed by atoms with Crippen molar-refractivity contribution in [3.63, 3.8) is 0 Å². The van der Waals surface area contributed by atoms with Crippen LogP contribution < -0.4 is 20.7 Å². The zero-order valence-corrected chi connectivity index (χ0v) is 17.8. The SMILES string of the molecule is CCn1c(C(C)NS(=O)(=O)c2c(C)[nH]c(=O)[nH]c2=O)cnc1Oc1ccc(C)cc1. The quantitative estimate of drug-likeness (QED) is 0.519. The fraction of sp³-hybridized carbons (Fsp3) is 0.316. The summed E-state index contributed by atoms with van der Waals surface area (Å²) >= 11 is 0. The van der Waals surface area contributed by atoms with E-state index in [4.69, 9.17) is 4.74 Å². The Morgan fingerprint density at radius 2 is 1.83 bits per heavy atom. The van der Waals surface area contributed by atoms with Crippen molar-refractivity contribution in [3.8, 4) is 11.8 Å². The van der Waals surface area contributed by atoms with Gasteiger partial charge in [-0.05, 0) is 39.8 Å². The van der Waals surface area contributed by atoms with Gasteiger partial charge in [-0.1, -0.05) is 17.7 Å². The smallest absolute Gasteiger partial charge is 0.325 e. The largest absolute Gasteiger partial charge is 0.426 e. The monoisotopic (exact) mass is 433 g/mol. The predicted octanol–water partition coefficient (Wildman–Crippen LogP) is 1.73. The number of hydrogen-bond donors (Lipinski definition) is 3. The Labute approximate surface area is 173 Å². The van der Waals surface area contributed by atoms with Crippen molar-refractivity contribution in [1.82, 2.24) is 24.2 Å². The number of aryl methyl sites for hydroxylation is 2. The van der Waals surface area contributed by atoms with Gasteiger partial charge in [-0.15, -0.1) is 0 Å². The molecule has 1 aromatic carbocycles. The molecule has 3 aromatic rings. The van der Waals surface area contributed by atoms with E-state index < -0.39 is 32.2 Å². The van der Waals surface area contributed by atoms with Gasteiger partial charge < -0.3 is 9.72 Å². The molecule has 2 aromatic heterocycles. The van der Waals surface area contributed by atoms with Crippen LogP contribution in [0.25, 0.3) is 0 Å². The summed E-state index contributed by atoms with van der Waals surface area (Å²) < 4.78 is 35.6. The molecule has 160 valence electrons. The minimum absolute atomic E-state index is 0.0455. The van der Waals surface area contributed by atoms with E-state index in [1.165, 1.54) is 13.1 Å². The maximum absolute atomic E-state index is 12.8. The third kappa shape index (κ3) is 4.36. The van der Waals surface area contributed by atoms with Crippen LogP contribution in [-0.4, -0.2) is 27.9 Å². The summed E-state index contributed by atoms with van der Waals surface area (Å²) in [5.74, 6) is 0.607. The molecule has 0 saturated carbocycles. The van der Waals surface area contributed by atoms with E-state index in [0.717, 1.165) is 5.56 Å². The molecule has 30 heavy (non-hydrogen) atoms. The van der Waals surface area contributed by atoms with Crippen LogP contribution >= 0.6 is 0 Å². The number of ether oxygens (including phenoxy) is 1. The lowest BCUT2D eigenvalue weighted by atomic mass is 10.2. The van der Waals surface area contributed by atoms with Crippen LogP contribution in [-0.2, 0) is 16.6 Å². The molecule has 0 aliphatic rings. The number of nitrogens with zero attached hydrogens (tertiary/aromatic N) is 2. The lowest BCUT2D eigenvalue weighted by Gasteiger charge is -2.17. The molecule has 1 unspecified atom stereocenters. The van der Waals surface area contributed by atoms with Gasteiger partial charge in [0.15, 0.2) is 4.90 Å². The number of sulfonamides is 1. The number of aromatic amines is 2. The minimum Gasteiger partial charge on any atom is -0.426 e. The van der Waals surface area contributed by atoms with Gasteiger partial charge in [-0.25, -0.2) is 22.9 Å². The fourth-order valence-electron chi connectivity index (χ4n) is 3.09. The van der Waals surface area contributed by atoms with E-state index in [-0.39, 0.29) is 5.69 Å². The third-order valence-corrected chi connectivity index (χ3v) is 6.21. The molecule has 0 spiro atoms. The normalized spacial score (nSPS) is 12.7. The molecule has 0 aliphatic carbocycles. The molecular weight excluding hydrogens is 410 g/mol. The first-order valence-corrected chi connectivity index (χ1v) is 10.8. The van der Waals surface area contributed by atoms with E-state index in [2.05, 4.69) is 14.7 Å². The van der Waals surface area contributed by atoms with E-state index in [0.29, 0.717) is 24.0 Å².